The van der Waals surface area contributed by atoms with Crippen LogP contribution in [0.4, 0.5) is 0 Å². The van der Waals surface area contributed by atoms with Crippen molar-refractivity contribution in [1.82, 2.24) is 14.9 Å². The van der Waals surface area contributed by atoms with Crippen molar-refractivity contribution < 1.29 is 9.90 Å². The number of aromatic nitrogens is 2. The average molecular weight is 271 g/mol. The van der Waals surface area contributed by atoms with E-state index in [2.05, 4.69) is 9.97 Å². The summed E-state index contributed by atoms with van der Waals surface area (Å²) in [6.45, 7) is 1.25. The molecule has 1 atom stereocenters. The molecular weight excluding hydrogens is 254 g/mol. The summed E-state index contributed by atoms with van der Waals surface area (Å²) < 4.78 is 0. The highest BCUT2D eigenvalue weighted by Gasteiger charge is 2.21. The van der Waals surface area contributed by atoms with Gasteiger partial charge in [-0.05, 0) is 31.4 Å². The molecule has 0 bridgehead atoms. The van der Waals surface area contributed by atoms with Crippen LogP contribution < -0.4 is 0 Å². The number of fused-ring (bicyclic) bond motifs is 1. The van der Waals surface area contributed by atoms with Crippen LogP contribution in [-0.4, -0.2) is 45.1 Å². The number of para-hydroxylation sites is 2. The Morgan fingerprint density at radius 3 is 2.85 bits per heavy atom. The summed E-state index contributed by atoms with van der Waals surface area (Å²) in [6, 6.07) is 7.51. The minimum Gasteiger partial charge on any atom is -0.393 e. The van der Waals surface area contributed by atoms with Crippen LogP contribution in [0.3, 0.4) is 0 Å². The zero-order valence-electron chi connectivity index (χ0n) is 11.2. The Morgan fingerprint density at radius 1 is 1.20 bits per heavy atom. The van der Waals surface area contributed by atoms with E-state index in [1.807, 2.05) is 24.3 Å². The summed E-state index contributed by atoms with van der Waals surface area (Å²) in [7, 11) is 0. The number of carbonyl (C=O) groups is 1. The number of hydrogen-bond acceptors (Lipinski definition) is 4. The molecule has 1 saturated heterocycles. The van der Waals surface area contributed by atoms with Crippen molar-refractivity contribution in [3.05, 3.63) is 36.2 Å². The SMILES string of the molecule is O=C(c1cnc2ccccc2n1)N1CCC[C@@H](O)CC1. The maximum absolute atomic E-state index is 12.4. The van der Waals surface area contributed by atoms with Gasteiger partial charge in [-0.2, -0.15) is 0 Å². The van der Waals surface area contributed by atoms with Crippen LogP contribution in [0.25, 0.3) is 11.0 Å². The van der Waals surface area contributed by atoms with E-state index >= 15 is 0 Å². The second kappa shape index (κ2) is 5.54. The standard InChI is InChI=1S/C15H17N3O2/c19-11-4-3-8-18(9-7-11)15(20)14-10-16-12-5-1-2-6-13(12)17-14/h1-2,5-6,10-11,19H,3-4,7-9H2/t11-/m1/s1. The summed E-state index contributed by atoms with van der Waals surface area (Å²) in [6.07, 6.45) is 3.45. The number of carbonyl (C=O) groups excluding carboxylic acids is 1. The molecule has 1 amide bonds. The Hall–Kier alpha value is -2.01. The lowest BCUT2D eigenvalue weighted by atomic mass is 10.2. The highest BCUT2D eigenvalue weighted by Crippen LogP contribution is 2.14. The number of aliphatic hydroxyl groups excluding tert-OH is 1. The molecular formula is C15H17N3O2. The van der Waals surface area contributed by atoms with Crippen molar-refractivity contribution in [2.45, 2.75) is 25.4 Å². The molecule has 1 aromatic carbocycles. The molecule has 2 aromatic rings. The van der Waals surface area contributed by atoms with Gasteiger partial charge in [-0.25, -0.2) is 4.98 Å². The predicted octanol–water partition coefficient (Wildman–Crippen LogP) is 1.62. The number of rotatable bonds is 1. The fraction of sp³-hybridized carbons (Fsp3) is 0.400. The molecule has 1 fully saturated rings. The maximum atomic E-state index is 12.4. The lowest BCUT2D eigenvalue weighted by Gasteiger charge is -2.19. The third-order valence-electron chi connectivity index (χ3n) is 3.65. The fourth-order valence-electron chi connectivity index (χ4n) is 2.50. The quantitative estimate of drug-likeness (QED) is 0.856. The maximum Gasteiger partial charge on any atom is 0.274 e. The Bertz CT molecular complexity index is 629. The molecule has 1 aliphatic heterocycles. The molecule has 0 radical (unpaired) electrons. The monoisotopic (exact) mass is 271 g/mol. The summed E-state index contributed by atoms with van der Waals surface area (Å²) in [5.41, 5.74) is 1.89. The first-order chi connectivity index (χ1) is 9.74. The van der Waals surface area contributed by atoms with Crippen molar-refractivity contribution in [2.24, 2.45) is 0 Å². The molecule has 1 aromatic heterocycles. The first kappa shape index (κ1) is 13.0. The molecule has 1 N–H and O–H groups in total. The number of hydrogen-bond donors (Lipinski definition) is 1. The lowest BCUT2D eigenvalue weighted by molar-refractivity contribution is 0.0747. The van der Waals surface area contributed by atoms with Gasteiger partial charge >= 0.3 is 0 Å². The van der Waals surface area contributed by atoms with Gasteiger partial charge in [0, 0.05) is 13.1 Å². The van der Waals surface area contributed by atoms with Gasteiger partial charge in [0.05, 0.1) is 23.3 Å². The molecule has 2 heterocycles. The number of nitrogens with zero attached hydrogens (tertiary/aromatic N) is 3. The van der Waals surface area contributed by atoms with E-state index in [0.717, 1.165) is 23.9 Å². The minimum absolute atomic E-state index is 0.0997. The van der Waals surface area contributed by atoms with Crippen LogP contribution in [0.15, 0.2) is 30.5 Å². The van der Waals surface area contributed by atoms with Gasteiger partial charge in [0.2, 0.25) is 0 Å². The highest BCUT2D eigenvalue weighted by atomic mass is 16.3. The van der Waals surface area contributed by atoms with Crippen LogP contribution in [0.2, 0.25) is 0 Å². The first-order valence-electron chi connectivity index (χ1n) is 6.93. The third kappa shape index (κ3) is 2.63. The van der Waals surface area contributed by atoms with Gasteiger partial charge in [-0.3, -0.25) is 9.78 Å². The number of aliphatic hydroxyl groups is 1. The van der Waals surface area contributed by atoms with E-state index in [0.29, 0.717) is 25.2 Å². The van der Waals surface area contributed by atoms with E-state index in [-0.39, 0.29) is 12.0 Å². The van der Waals surface area contributed by atoms with Gasteiger partial charge in [0.25, 0.3) is 5.91 Å². The molecule has 0 spiro atoms. The van der Waals surface area contributed by atoms with Gasteiger partial charge in [0.15, 0.2) is 0 Å². The molecule has 0 unspecified atom stereocenters. The van der Waals surface area contributed by atoms with E-state index < -0.39 is 0 Å². The second-order valence-electron chi connectivity index (χ2n) is 5.12. The van der Waals surface area contributed by atoms with Crippen molar-refractivity contribution in [2.75, 3.05) is 13.1 Å². The van der Waals surface area contributed by atoms with Crippen molar-refractivity contribution in [3.8, 4) is 0 Å². The summed E-state index contributed by atoms with van der Waals surface area (Å²) >= 11 is 0. The van der Waals surface area contributed by atoms with Crippen LogP contribution >= 0.6 is 0 Å². The van der Waals surface area contributed by atoms with Crippen molar-refractivity contribution in [1.29, 1.82) is 0 Å². The number of likely N-dealkylation sites (tertiary alicyclic amines) is 1. The Kier molecular flexibility index (Phi) is 3.60. The van der Waals surface area contributed by atoms with E-state index in [1.54, 1.807) is 4.90 Å². The average Bonchev–Trinajstić information content (AvgIpc) is 2.71. The largest absolute Gasteiger partial charge is 0.393 e. The normalized spacial score (nSPS) is 19.9. The van der Waals surface area contributed by atoms with Gasteiger partial charge < -0.3 is 10.0 Å². The van der Waals surface area contributed by atoms with Gasteiger partial charge in [-0.15, -0.1) is 0 Å². The van der Waals surface area contributed by atoms with Crippen molar-refractivity contribution >= 4 is 16.9 Å². The van der Waals surface area contributed by atoms with Crippen LogP contribution in [0.5, 0.6) is 0 Å². The van der Waals surface area contributed by atoms with Gasteiger partial charge in [-0.1, -0.05) is 12.1 Å². The first-order valence-corrected chi connectivity index (χ1v) is 6.93. The number of benzene rings is 1. The summed E-state index contributed by atoms with van der Waals surface area (Å²) in [5.74, 6) is -0.0997. The Labute approximate surface area is 117 Å². The van der Waals surface area contributed by atoms with Crippen LogP contribution in [-0.2, 0) is 0 Å². The Morgan fingerprint density at radius 2 is 2.00 bits per heavy atom. The van der Waals surface area contributed by atoms with E-state index in [4.69, 9.17) is 0 Å². The van der Waals surface area contributed by atoms with Crippen LogP contribution in [0, 0.1) is 0 Å². The zero-order valence-corrected chi connectivity index (χ0v) is 11.2. The van der Waals surface area contributed by atoms with Gasteiger partial charge in [0.1, 0.15) is 5.69 Å². The number of amides is 1. The molecule has 20 heavy (non-hydrogen) atoms. The summed E-state index contributed by atoms with van der Waals surface area (Å²) in [5, 5.41) is 9.63. The minimum atomic E-state index is -0.296. The molecule has 5 nitrogen and oxygen atoms in total. The summed E-state index contributed by atoms with van der Waals surface area (Å²) in [4.78, 5) is 22.9. The predicted molar refractivity (Wildman–Crippen MR) is 75.3 cm³/mol. The lowest BCUT2D eigenvalue weighted by Crippen LogP contribution is -2.32. The zero-order chi connectivity index (χ0) is 13.9. The highest BCUT2D eigenvalue weighted by molar-refractivity contribution is 5.93. The Balaban J connectivity index is 1.84. The molecule has 1 aliphatic rings. The van der Waals surface area contributed by atoms with Crippen molar-refractivity contribution in [3.63, 3.8) is 0 Å². The molecule has 0 saturated carbocycles. The molecule has 0 aliphatic carbocycles. The second-order valence-corrected chi connectivity index (χ2v) is 5.12. The van der Waals surface area contributed by atoms with Crippen LogP contribution in [0.1, 0.15) is 29.8 Å². The molecule has 104 valence electrons. The van der Waals surface area contributed by atoms with E-state index in [9.17, 15) is 9.90 Å². The molecule has 3 rings (SSSR count). The fourth-order valence-corrected chi connectivity index (χ4v) is 2.50. The topological polar surface area (TPSA) is 66.3 Å². The third-order valence-corrected chi connectivity index (χ3v) is 3.65. The smallest absolute Gasteiger partial charge is 0.274 e. The van der Waals surface area contributed by atoms with E-state index in [1.165, 1.54) is 6.20 Å². The molecule has 5 heteroatoms.